The maximum atomic E-state index is 5.32. The third-order valence-corrected chi connectivity index (χ3v) is 1.60. The molecule has 1 heterocycles. The predicted molar refractivity (Wildman–Crippen MR) is 38.6 cm³/mol. The Morgan fingerprint density at radius 3 is 3.00 bits per heavy atom. The molecule has 0 saturated carbocycles. The average Bonchev–Trinajstić information content (AvgIpc) is 2.31. The molecule has 0 N–H and O–H groups in total. The van der Waals surface area contributed by atoms with E-state index in [4.69, 9.17) is 9.57 Å². The highest BCUT2D eigenvalue weighted by Gasteiger charge is 2.18. The Morgan fingerprint density at radius 2 is 2.50 bits per heavy atom. The Hall–Kier alpha value is -0.120. The minimum absolute atomic E-state index is 0.678. The number of methoxy groups -OCH3 is 1. The lowest BCUT2D eigenvalue weighted by Crippen LogP contribution is -2.23. The van der Waals surface area contributed by atoms with Gasteiger partial charge >= 0.3 is 0 Å². The van der Waals surface area contributed by atoms with Crippen molar-refractivity contribution in [3.63, 3.8) is 0 Å². The van der Waals surface area contributed by atoms with Gasteiger partial charge < -0.3 is 4.74 Å². The largest absolute Gasteiger partial charge is 0.383 e. The molecule has 60 valence electrons. The fraction of sp³-hybridized carbons (Fsp3) is 1.00. The summed E-state index contributed by atoms with van der Waals surface area (Å²) in [5.74, 6) is 0.678. The Labute approximate surface area is 61.9 Å². The highest BCUT2D eigenvalue weighted by molar-refractivity contribution is 4.60. The molecular weight excluding hydrogens is 130 g/mol. The summed E-state index contributed by atoms with van der Waals surface area (Å²) in [6.07, 6.45) is 0. The van der Waals surface area contributed by atoms with Crippen LogP contribution in [-0.2, 0) is 9.57 Å². The van der Waals surface area contributed by atoms with Crippen LogP contribution in [0.3, 0.4) is 0 Å². The smallest absolute Gasteiger partial charge is 0.0723 e. The van der Waals surface area contributed by atoms with Crippen LogP contribution in [0.5, 0.6) is 0 Å². The Morgan fingerprint density at radius 1 is 1.70 bits per heavy atom. The minimum Gasteiger partial charge on any atom is -0.383 e. The first-order valence-electron chi connectivity index (χ1n) is 3.69. The van der Waals surface area contributed by atoms with Crippen LogP contribution in [0.25, 0.3) is 0 Å². The second-order valence-electron chi connectivity index (χ2n) is 2.78. The topological polar surface area (TPSA) is 21.7 Å². The fourth-order valence-corrected chi connectivity index (χ4v) is 1.03. The van der Waals surface area contributed by atoms with Crippen molar-refractivity contribution in [3.05, 3.63) is 0 Å². The number of rotatable bonds is 3. The molecule has 0 radical (unpaired) electrons. The summed E-state index contributed by atoms with van der Waals surface area (Å²) in [7, 11) is 1.71. The van der Waals surface area contributed by atoms with Gasteiger partial charge in [0.25, 0.3) is 0 Å². The second kappa shape index (κ2) is 3.91. The molecule has 3 heteroatoms. The van der Waals surface area contributed by atoms with Crippen LogP contribution >= 0.6 is 0 Å². The van der Waals surface area contributed by atoms with Gasteiger partial charge in [0.05, 0.1) is 13.2 Å². The molecular formula is C7H15NO2. The zero-order valence-corrected chi connectivity index (χ0v) is 6.67. The third kappa shape index (κ3) is 2.25. The molecule has 0 bridgehead atoms. The third-order valence-electron chi connectivity index (χ3n) is 1.60. The van der Waals surface area contributed by atoms with Crippen LogP contribution in [0.1, 0.15) is 6.92 Å². The normalized spacial score (nSPS) is 27.6. The molecule has 1 rings (SSSR count). The standard InChI is InChI=1S/C7H15NO2/c1-7-5-8(10-6-7)3-4-9-2/h7H,3-6H2,1-2H3/t7-/m1/s1. The van der Waals surface area contributed by atoms with Crippen LogP contribution in [0.15, 0.2) is 0 Å². The molecule has 1 fully saturated rings. The van der Waals surface area contributed by atoms with Crippen molar-refractivity contribution in [3.8, 4) is 0 Å². The van der Waals surface area contributed by atoms with Gasteiger partial charge in [-0.25, -0.2) is 0 Å². The Balaban J connectivity index is 2.06. The van der Waals surface area contributed by atoms with Crippen molar-refractivity contribution in [1.82, 2.24) is 5.06 Å². The van der Waals surface area contributed by atoms with Crippen LogP contribution in [0, 0.1) is 5.92 Å². The Kier molecular flexibility index (Phi) is 3.12. The maximum absolute atomic E-state index is 5.32. The molecule has 0 amide bonds. The zero-order chi connectivity index (χ0) is 7.40. The molecule has 0 unspecified atom stereocenters. The summed E-state index contributed by atoms with van der Waals surface area (Å²) in [5, 5.41) is 1.97. The van der Waals surface area contributed by atoms with E-state index < -0.39 is 0 Å². The number of hydroxylamine groups is 2. The molecule has 0 aliphatic carbocycles. The van der Waals surface area contributed by atoms with Crippen LogP contribution < -0.4 is 0 Å². The van der Waals surface area contributed by atoms with Crippen LogP contribution in [-0.4, -0.2) is 38.5 Å². The highest BCUT2D eigenvalue weighted by atomic mass is 16.7. The maximum Gasteiger partial charge on any atom is 0.0723 e. The number of hydrogen-bond acceptors (Lipinski definition) is 3. The van der Waals surface area contributed by atoms with Gasteiger partial charge in [0, 0.05) is 20.2 Å². The number of nitrogens with zero attached hydrogens (tertiary/aromatic N) is 1. The molecule has 0 spiro atoms. The molecule has 0 aromatic heterocycles. The number of ether oxygens (including phenoxy) is 1. The molecule has 10 heavy (non-hydrogen) atoms. The lowest BCUT2D eigenvalue weighted by Gasteiger charge is -2.11. The van der Waals surface area contributed by atoms with Crippen molar-refractivity contribution in [2.45, 2.75) is 6.92 Å². The summed E-state index contributed by atoms with van der Waals surface area (Å²) in [6, 6.07) is 0. The van der Waals surface area contributed by atoms with E-state index in [0.717, 1.165) is 26.3 Å². The van der Waals surface area contributed by atoms with Gasteiger partial charge in [-0.05, 0) is 5.92 Å². The first-order chi connectivity index (χ1) is 4.83. The van der Waals surface area contributed by atoms with Gasteiger partial charge in [0.15, 0.2) is 0 Å². The first kappa shape index (κ1) is 7.98. The SMILES string of the molecule is COCCN1C[C@@H](C)CO1. The zero-order valence-electron chi connectivity index (χ0n) is 6.67. The predicted octanol–water partition coefficient (Wildman–Crippen LogP) is 0.516. The van der Waals surface area contributed by atoms with E-state index in [1.807, 2.05) is 5.06 Å². The summed E-state index contributed by atoms with van der Waals surface area (Å²) < 4.78 is 4.92. The van der Waals surface area contributed by atoms with Crippen molar-refractivity contribution in [2.75, 3.05) is 33.4 Å². The van der Waals surface area contributed by atoms with E-state index in [1.54, 1.807) is 7.11 Å². The van der Waals surface area contributed by atoms with Gasteiger partial charge in [0.2, 0.25) is 0 Å². The lowest BCUT2D eigenvalue weighted by atomic mass is 10.2. The average molecular weight is 145 g/mol. The van der Waals surface area contributed by atoms with Crippen molar-refractivity contribution in [1.29, 1.82) is 0 Å². The molecule has 0 aromatic rings. The quantitative estimate of drug-likeness (QED) is 0.577. The van der Waals surface area contributed by atoms with Gasteiger partial charge in [-0.3, -0.25) is 4.84 Å². The van der Waals surface area contributed by atoms with E-state index >= 15 is 0 Å². The molecule has 1 aliphatic heterocycles. The van der Waals surface area contributed by atoms with Crippen LogP contribution in [0.2, 0.25) is 0 Å². The number of hydrogen-bond donors (Lipinski definition) is 0. The molecule has 1 atom stereocenters. The molecule has 3 nitrogen and oxygen atoms in total. The summed E-state index contributed by atoms with van der Waals surface area (Å²) in [6.45, 7) is 5.74. The highest BCUT2D eigenvalue weighted by Crippen LogP contribution is 2.09. The van der Waals surface area contributed by atoms with E-state index in [0.29, 0.717) is 5.92 Å². The van der Waals surface area contributed by atoms with E-state index in [1.165, 1.54) is 0 Å². The van der Waals surface area contributed by atoms with Crippen LogP contribution in [0.4, 0.5) is 0 Å². The van der Waals surface area contributed by atoms with E-state index in [2.05, 4.69) is 6.92 Å². The summed E-state index contributed by atoms with van der Waals surface area (Å²) in [5.41, 5.74) is 0. The van der Waals surface area contributed by atoms with Gasteiger partial charge in [0.1, 0.15) is 0 Å². The molecule has 1 saturated heterocycles. The van der Waals surface area contributed by atoms with Crippen molar-refractivity contribution in [2.24, 2.45) is 5.92 Å². The first-order valence-corrected chi connectivity index (χ1v) is 3.69. The van der Waals surface area contributed by atoms with Gasteiger partial charge in [-0.15, -0.1) is 0 Å². The Bertz CT molecular complexity index is 97.6. The minimum atomic E-state index is 0.678. The fourth-order valence-electron chi connectivity index (χ4n) is 1.03. The van der Waals surface area contributed by atoms with Gasteiger partial charge in [-0.2, -0.15) is 5.06 Å². The molecule has 0 aromatic carbocycles. The summed E-state index contributed by atoms with van der Waals surface area (Å²) >= 11 is 0. The lowest BCUT2D eigenvalue weighted by molar-refractivity contribution is -0.118. The van der Waals surface area contributed by atoms with E-state index in [-0.39, 0.29) is 0 Å². The second-order valence-corrected chi connectivity index (χ2v) is 2.78. The summed E-state index contributed by atoms with van der Waals surface area (Å²) in [4.78, 5) is 5.32. The van der Waals surface area contributed by atoms with Gasteiger partial charge in [-0.1, -0.05) is 6.92 Å². The molecule has 1 aliphatic rings. The van der Waals surface area contributed by atoms with Crippen molar-refractivity contribution >= 4 is 0 Å². The monoisotopic (exact) mass is 145 g/mol. The van der Waals surface area contributed by atoms with E-state index in [9.17, 15) is 0 Å². The van der Waals surface area contributed by atoms with Crippen molar-refractivity contribution < 1.29 is 9.57 Å².